The van der Waals surface area contributed by atoms with Gasteiger partial charge in [0.05, 0.1) is 6.61 Å². The highest BCUT2D eigenvalue weighted by Crippen LogP contribution is 2.11. The molecule has 7 heteroatoms. The van der Waals surface area contributed by atoms with Crippen molar-refractivity contribution in [2.45, 2.75) is 12.8 Å². The second-order valence-electron chi connectivity index (χ2n) is 2.07. The Bertz CT molecular complexity index is 146. The molecular weight excluding hydrogens is 211 g/mol. The summed E-state index contributed by atoms with van der Waals surface area (Å²) in [6.07, 6.45) is 2.50. The van der Waals surface area contributed by atoms with Gasteiger partial charge in [0.1, 0.15) is 0 Å². The second-order valence-corrected chi connectivity index (χ2v) is 2.61. The van der Waals surface area contributed by atoms with Crippen molar-refractivity contribution in [2.24, 2.45) is 0 Å². The van der Waals surface area contributed by atoms with Gasteiger partial charge in [-0.15, -0.1) is 0 Å². The fourth-order valence-corrected chi connectivity index (χ4v) is 0.446. The summed E-state index contributed by atoms with van der Waals surface area (Å²) in [6, 6.07) is 0. The number of unbranched alkanes of at least 4 members (excludes halogenated alkanes) is 1. The average Bonchev–Trinajstić information content (AvgIpc) is 2.11. The minimum absolute atomic E-state index is 0.144. The van der Waals surface area contributed by atoms with Crippen LogP contribution in [0, 0.1) is 0 Å². The molecule has 14 heavy (non-hydrogen) atoms. The molecule has 4 N–H and O–H groups in total. The Morgan fingerprint density at radius 3 is 2.21 bits per heavy atom. The fourth-order valence-electron chi connectivity index (χ4n) is 0.446. The van der Waals surface area contributed by atoms with Crippen LogP contribution in [0.3, 0.4) is 0 Å². The van der Waals surface area contributed by atoms with Crippen LogP contribution >= 0.6 is 8.60 Å². The number of aliphatic hydroxyl groups is 1. The molecule has 0 aliphatic carbocycles. The maximum atomic E-state index is 10.4. The Balaban J connectivity index is 0. The van der Waals surface area contributed by atoms with Gasteiger partial charge >= 0.3 is 14.6 Å². The van der Waals surface area contributed by atoms with Crippen LogP contribution in [0.5, 0.6) is 0 Å². The number of carbonyl (C=O) groups excluding carboxylic acids is 1. The van der Waals surface area contributed by atoms with Gasteiger partial charge in [-0.25, -0.2) is 4.79 Å². The molecule has 0 aromatic rings. The molecule has 6 nitrogen and oxygen atoms in total. The van der Waals surface area contributed by atoms with Gasteiger partial charge in [0.15, 0.2) is 0 Å². The maximum Gasteiger partial charge on any atom is 0.330 e. The lowest BCUT2D eigenvalue weighted by atomic mass is 10.3. The van der Waals surface area contributed by atoms with Gasteiger partial charge in [-0.2, -0.15) is 0 Å². The van der Waals surface area contributed by atoms with Gasteiger partial charge < -0.3 is 24.5 Å². The van der Waals surface area contributed by atoms with Gasteiger partial charge in [-0.1, -0.05) is 6.58 Å². The lowest BCUT2D eigenvalue weighted by Crippen LogP contribution is -2.02. The van der Waals surface area contributed by atoms with E-state index in [0.717, 1.165) is 6.08 Å². The molecule has 0 atom stereocenters. The van der Waals surface area contributed by atoms with Crippen LogP contribution in [0.4, 0.5) is 0 Å². The van der Waals surface area contributed by atoms with E-state index >= 15 is 0 Å². The molecule has 0 bridgehead atoms. The number of aliphatic hydroxyl groups excluding tert-OH is 1. The minimum Gasteiger partial charge on any atom is -0.463 e. The standard InChI is InChI=1S/C7H12O3.H3O3P/c1-2-7(9)10-6-4-3-5-8;1-4(2)3/h2,8H,1,3-6H2;1-3H. The van der Waals surface area contributed by atoms with Crippen LogP contribution < -0.4 is 0 Å². The summed E-state index contributed by atoms with van der Waals surface area (Å²) in [4.78, 5) is 32.1. The largest absolute Gasteiger partial charge is 0.463 e. The zero-order valence-corrected chi connectivity index (χ0v) is 8.56. The summed E-state index contributed by atoms with van der Waals surface area (Å²) in [5.41, 5.74) is 0. The molecule has 0 saturated carbocycles. The van der Waals surface area contributed by atoms with E-state index in [-0.39, 0.29) is 6.61 Å². The van der Waals surface area contributed by atoms with Crippen LogP contribution in [-0.2, 0) is 9.53 Å². The van der Waals surface area contributed by atoms with Gasteiger partial charge in [-0.05, 0) is 12.8 Å². The van der Waals surface area contributed by atoms with Gasteiger partial charge in [0.2, 0.25) is 0 Å². The van der Waals surface area contributed by atoms with Crippen molar-refractivity contribution in [1.29, 1.82) is 0 Å². The van der Waals surface area contributed by atoms with Crippen LogP contribution in [-0.4, -0.2) is 39.0 Å². The number of ether oxygens (including phenoxy) is 1. The van der Waals surface area contributed by atoms with E-state index in [9.17, 15) is 4.79 Å². The predicted molar refractivity (Wildman–Crippen MR) is 51.1 cm³/mol. The highest BCUT2D eigenvalue weighted by atomic mass is 31.2. The Kier molecular flexibility index (Phi) is 14.2. The van der Waals surface area contributed by atoms with E-state index in [2.05, 4.69) is 11.3 Å². The first kappa shape index (κ1) is 15.9. The van der Waals surface area contributed by atoms with Crippen LogP contribution in [0.15, 0.2) is 12.7 Å². The van der Waals surface area contributed by atoms with E-state index in [1.165, 1.54) is 0 Å². The average molecular weight is 226 g/mol. The number of hydrogen-bond donors (Lipinski definition) is 4. The molecule has 0 unspecified atom stereocenters. The van der Waals surface area contributed by atoms with Crippen LogP contribution in [0.2, 0.25) is 0 Å². The molecule has 84 valence electrons. The zero-order chi connectivity index (χ0) is 11.4. The molecule has 0 heterocycles. The predicted octanol–water partition coefficient (Wildman–Crippen LogP) is -0.322. The molecule has 0 amide bonds. The molecule has 0 aromatic carbocycles. The summed E-state index contributed by atoms with van der Waals surface area (Å²) in [6.45, 7) is 3.75. The van der Waals surface area contributed by atoms with Crippen LogP contribution in [0.1, 0.15) is 12.8 Å². The van der Waals surface area contributed by atoms with Crippen molar-refractivity contribution in [3.8, 4) is 0 Å². The smallest absolute Gasteiger partial charge is 0.330 e. The van der Waals surface area contributed by atoms with E-state index in [1.807, 2.05) is 0 Å². The van der Waals surface area contributed by atoms with Crippen molar-refractivity contribution in [3.05, 3.63) is 12.7 Å². The third-order valence-electron chi connectivity index (χ3n) is 0.963. The van der Waals surface area contributed by atoms with Crippen molar-refractivity contribution >= 4 is 14.6 Å². The number of esters is 1. The Morgan fingerprint density at radius 2 is 1.86 bits per heavy atom. The highest BCUT2D eigenvalue weighted by molar-refractivity contribution is 7.38. The molecule has 0 radical (unpaired) electrons. The third-order valence-corrected chi connectivity index (χ3v) is 0.963. The second kappa shape index (κ2) is 12.5. The SMILES string of the molecule is C=CC(=O)OCCCCO.OP(O)O. The maximum absolute atomic E-state index is 10.4. The zero-order valence-electron chi connectivity index (χ0n) is 7.67. The van der Waals surface area contributed by atoms with Crippen molar-refractivity contribution in [1.82, 2.24) is 0 Å². The number of hydrogen-bond acceptors (Lipinski definition) is 6. The summed E-state index contributed by atoms with van der Waals surface area (Å²) >= 11 is 0. The van der Waals surface area contributed by atoms with Gasteiger partial charge in [0.25, 0.3) is 0 Å². The van der Waals surface area contributed by atoms with Crippen molar-refractivity contribution in [3.63, 3.8) is 0 Å². The fraction of sp³-hybridized carbons (Fsp3) is 0.571. The quantitative estimate of drug-likeness (QED) is 0.221. The van der Waals surface area contributed by atoms with Crippen molar-refractivity contribution in [2.75, 3.05) is 13.2 Å². The highest BCUT2D eigenvalue weighted by Gasteiger charge is 1.92. The lowest BCUT2D eigenvalue weighted by molar-refractivity contribution is -0.137. The topological polar surface area (TPSA) is 107 Å². The molecule has 0 aliphatic rings. The first-order chi connectivity index (χ1) is 6.54. The molecule has 0 rings (SSSR count). The van der Waals surface area contributed by atoms with Crippen LogP contribution in [0.25, 0.3) is 0 Å². The summed E-state index contributed by atoms with van der Waals surface area (Å²) in [5, 5.41) is 8.33. The first-order valence-electron chi connectivity index (χ1n) is 3.81. The molecule has 0 spiro atoms. The molecule has 0 aromatic heterocycles. The summed E-state index contributed by atoms with van der Waals surface area (Å²) in [7, 11) is -2.62. The monoisotopic (exact) mass is 226 g/mol. The summed E-state index contributed by atoms with van der Waals surface area (Å²) in [5.74, 6) is -0.405. The minimum atomic E-state index is -2.62. The van der Waals surface area contributed by atoms with E-state index in [4.69, 9.17) is 19.8 Å². The number of rotatable bonds is 5. The first-order valence-corrected chi connectivity index (χ1v) is 5.01. The normalized spacial score (nSPS) is 8.93. The van der Waals surface area contributed by atoms with Gasteiger partial charge in [-0.3, -0.25) is 0 Å². The molecule has 0 aliphatic heterocycles. The lowest BCUT2D eigenvalue weighted by Gasteiger charge is -1.98. The van der Waals surface area contributed by atoms with Gasteiger partial charge in [0, 0.05) is 12.7 Å². The van der Waals surface area contributed by atoms with Crippen molar-refractivity contribution < 1.29 is 29.3 Å². The Labute approximate surface area is 83.5 Å². The Hall–Kier alpha value is -0.520. The molecule has 0 saturated heterocycles. The van der Waals surface area contributed by atoms with E-state index < -0.39 is 14.6 Å². The number of carbonyl (C=O) groups is 1. The third kappa shape index (κ3) is 22.5. The van der Waals surface area contributed by atoms with E-state index in [0.29, 0.717) is 19.4 Å². The summed E-state index contributed by atoms with van der Waals surface area (Å²) < 4.78 is 4.63. The Morgan fingerprint density at radius 1 is 1.36 bits per heavy atom. The molecule has 0 fully saturated rings. The van der Waals surface area contributed by atoms with E-state index in [1.54, 1.807) is 0 Å². The molecular formula is C7H15O6P.